The fraction of sp³-hybridized carbons (Fsp3) is 0.375. The maximum atomic E-state index is 11.8. The Bertz CT molecular complexity index is 1330. The van der Waals surface area contributed by atoms with Crippen LogP contribution in [0.15, 0.2) is 36.7 Å². The summed E-state index contributed by atoms with van der Waals surface area (Å²) in [4.78, 5) is 25.9. The summed E-state index contributed by atoms with van der Waals surface area (Å²) in [6.07, 6.45) is 3.06. The number of aromatic amines is 1. The number of likely N-dealkylation sites (tertiary alicyclic amines) is 1. The Kier molecular flexibility index (Phi) is 5.41. The Morgan fingerprint density at radius 2 is 2.18 bits per heavy atom. The molecule has 172 valence electrons. The van der Waals surface area contributed by atoms with Crippen LogP contribution >= 0.6 is 0 Å². The minimum atomic E-state index is -0.920. The number of aliphatic hydroxyl groups excluding tert-OH is 1. The highest BCUT2D eigenvalue weighted by atomic mass is 16.4. The fourth-order valence-corrected chi connectivity index (χ4v) is 5.10. The highest BCUT2D eigenvalue weighted by Gasteiger charge is 2.34. The molecule has 2 unspecified atom stereocenters. The first-order valence-electron chi connectivity index (χ1n) is 11.2. The number of hydrogen-bond donors (Lipinski definition) is 4. The number of H-pyrrole nitrogens is 1. The van der Waals surface area contributed by atoms with Gasteiger partial charge in [-0.05, 0) is 42.5 Å². The van der Waals surface area contributed by atoms with E-state index in [1.807, 2.05) is 36.9 Å². The van der Waals surface area contributed by atoms with Crippen LogP contribution < -0.4 is 5.32 Å². The van der Waals surface area contributed by atoms with E-state index in [-0.39, 0.29) is 18.6 Å². The molecule has 0 aliphatic carbocycles. The number of rotatable bonds is 5. The smallest absolute Gasteiger partial charge is 0.407 e. The molecule has 1 aliphatic rings. The van der Waals surface area contributed by atoms with Crippen molar-refractivity contribution in [1.29, 1.82) is 0 Å². The lowest BCUT2D eigenvalue weighted by Crippen LogP contribution is -2.50. The van der Waals surface area contributed by atoms with Gasteiger partial charge in [0.2, 0.25) is 0 Å². The number of aliphatic hydroxyl groups is 1. The number of amides is 1. The van der Waals surface area contributed by atoms with E-state index >= 15 is 0 Å². The van der Waals surface area contributed by atoms with Crippen LogP contribution in [0.3, 0.4) is 0 Å². The van der Waals surface area contributed by atoms with Gasteiger partial charge in [-0.2, -0.15) is 0 Å². The molecule has 4 aromatic rings. The zero-order valence-corrected chi connectivity index (χ0v) is 18.7. The second-order valence-electron chi connectivity index (χ2n) is 8.74. The van der Waals surface area contributed by atoms with Gasteiger partial charge in [0.25, 0.3) is 0 Å². The van der Waals surface area contributed by atoms with Crippen molar-refractivity contribution in [1.82, 2.24) is 24.4 Å². The van der Waals surface area contributed by atoms with Crippen LogP contribution in [0, 0.1) is 5.92 Å². The molecule has 5 rings (SSSR count). The van der Waals surface area contributed by atoms with Gasteiger partial charge in [-0.3, -0.25) is 0 Å². The van der Waals surface area contributed by atoms with Crippen LogP contribution in [-0.2, 0) is 13.5 Å². The number of aryl methyl sites for hydroxylation is 1. The summed E-state index contributed by atoms with van der Waals surface area (Å²) in [5.41, 5.74) is 5.59. The molecule has 1 aromatic carbocycles. The van der Waals surface area contributed by atoms with Crippen molar-refractivity contribution in [2.45, 2.75) is 25.3 Å². The first kappa shape index (κ1) is 21.3. The number of hydrogen-bond acceptors (Lipinski definition) is 5. The molecule has 0 bridgehead atoms. The Balaban J connectivity index is 1.52. The molecular weight excluding hydrogens is 420 g/mol. The lowest BCUT2D eigenvalue weighted by atomic mass is 9.85. The Morgan fingerprint density at radius 1 is 1.33 bits per heavy atom. The molecule has 0 spiro atoms. The van der Waals surface area contributed by atoms with Gasteiger partial charge in [-0.25, -0.2) is 14.8 Å². The first-order valence-corrected chi connectivity index (χ1v) is 11.2. The van der Waals surface area contributed by atoms with Crippen LogP contribution in [0.25, 0.3) is 33.3 Å². The molecule has 4 heterocycles. The van der Waals surface area contributed by atoms with E-state index in [0.717, 1.165) is 57.5 Å². The Labute approximate surface area is 191 Å². The summed E-state index contributed by atoms with van der Waals surface area (Å²) in [6, 6.07) is 10.00. The topological polar surface area (TPSA) is 119 Å². The molecular formula is C24H28N6O3. The summed E-state index contributed by atoms with van der Waals surface area (Å²) in [7, 11) is 3.80. The molecule has 2 atom stereocenters. The van der Waals surface area contributed by atoms with Gasteiger partial charge in [0.15, 0.2) is 5.82 Å². The van der Waals surface area contributed by atoms with Crippen molar-refractivity contribution in [3.8, 4) is 11.3 Å². The average molecular weight is 449 g/mol. The quantitative estimate of drug-likeness (QED) is 0.371. The number of piperidine rings is 1. The molecule has 1 fully saturated rings. The van der Waals surface area contributed by atoms with E-state index in [4.69, 9.17) is 4.98 Å². The summed E-state index contributed by atoms with van der Waals surface area (Å²) in [6.45, 7) is 0.509. The largest absolute Gasteiger partial charge is 0.465 e. The monoisotopic (exact) mass is 448 g/mol. The molecule has 9 nitrogen and oxygen atoms in total. The maximum Gasteiger partial charge on any atom is 0.407 e. The lowest BCUT2D eigenvalue weighted by molar-refractivity contribution is 0.0543. The number of aromatic nitrogens is 4. The number of nitrogens with one attached hydrogen (secondary N) is 2. The van der Waals surface area contributed by atoms with E-state index in [1.54, 1.807) is 6.33 Å². The molecule has 1 saturated heterocycles. The number of benzene rings is 1. The van der Waals surface area contributed by atoms with Gasteiger partial charge in [0.05, 0.1) is 11.8 Å². The van der Waals surface area contributed by atoms with Crippen molar-refractivity contribution in [3.05, 3.63) is 42.2 Å². The number of fused-ring (bicyclic) bond motifs is 3. The second kappa shape index (κ2) is 8.40. The molecule has 0 radical (unpaired) electrons. The van der Waals surface area contributed by atoms with Crippen LogP contribution in [0.2, 0.25) is 0 Å². The van der Waals surface area contributed by atoms with E-state index in [0.29, 0.717) is 13.0 Å². The van der Waals surface area contributed by atoms with Gasteiger partial charge >= 0.3 is 6.09 Å². The number of imidazole rings is 1. The number of anilines is 1. The molecule has 33 heavy (non-hydrogen) atoms. The zero-order chi connectivity index (χ0) is 23.1. The second-order valence-corrected chi connectivity index (χ2v) is 8.74. The summed E-state index contributed by atoms with van der Waals surface area (Å²) < 4.78 is 1.99. The number of pyridine rings is 1. The van der Waals surface area contributed by atoms with Gasteiger partial charge in [0, 0.05) is 50.3 Å². The Hall–Kier alpha value is -3.59. The average Bonchev–Trinajstić information content (AvgIpc) is 3.42. The third kappa shape index (κ3) is 3.68. The SMILES string of the molecule is CNc1nc2[nH]c(-c3cccc(CC4C(CO)CCCN4C(=O)O)c3)cc2c2c1ncn2C. The van der Waals surface area contributed by atoms with Crippen molar-refractivity contribution in [2.75, 3.05) is 25.5 Å². The molecule has 1 aliphatic heterocycles. The summed E-state index contributed by atoms with van der Waals surface area (Å²) in [5, 5.41) is 23.6. The maximum absolute atomic E-state index is 11.8. The normalized spacial score (nSPS) is 18.8. The molecule has 1 amide bonds. The van der Waals surface area contributed by atoms with E-state index in [9.17, 15) is 15.0 Å². The minimum Gasteiger partial charge on any atom is -0.465 e. The number of nitrogens with zero attached hydrogens (tertiary/aromatic N) is 4. The highest BCUT2D eigenvalue weighted by Crippen LogP contribution is 2.33. The number of carbonyl (C=O) groups is 1. The van der Waals surface area contributed by atoms with Gasteiger partial charge < -0.3 is 30.0 Å². The standard InChI is InChI=1S/C24H28N6O3/c1-25-23-20-21(29(2)13-26-20)17-11-18(27-22(17)28-23)15-6-3-5-14(9-15)10-19-16(12-31)7-4-8-30(19)24(32)33/h3,5-6,9,11,13,16,19,31H,4,7-8,10,12H2,1-2H3,(H,32,33)(H2,25,27,28). The van der Waals surface area contributed by atoms with E-state index in [1.165, 1.54) is 4.90 Å². The predicted molar refractivity (Wildman–Crippen MR) is 127 cm³/mol. The fourth-order valence-electron chi connectivity index (χ4n) is 5.10. The Morgan fingerprint density at radius 3 is 2.94 bits per heavy atom. The van der Waals surface area contributed by atoms with Crippen LogP contribution in [0.1, 0.15) is 18.4 Å². The van der Waals surface area contributed by atoms with Gasteiger partial charge in [-0.1, -0.05) is 18.2 Å². The predicted octanol–water partition coefficient (Wildman–Crippen LogP) is 3.45. The van der Waals surface area contributed by atoms with Gasteiger partial charge in [-0.15, -0.1) is 0 Å². The van der Waals surface area contributed by atoms with Crippen molar-refractivity contribution in [3.63, 3.8) is 0 Å². The van der Waals surface area contributed by atoms with E-state index in [2.05, 4.69) is 27.4 Å². The molecule has 0 saturated carbocycles. The van der Waals surface area contributed by atoms with Gasteiger partial charge in [0.1, 0.15) is 11.2 Å². The summed E-state index contributed by atoms with van der Waals surface area (Å²) >= 11 is 0. The third-order valence-corrected chi connectivity index (χ3v) is 6.76. The first-order chi connectivity index (χ1) is 16.0. The highest BCUT2D eigenvalue weighted by molar-refractivity contribution is 6.07. The van der Waals surface area contributed by atoms with E-state index < -0.39 is 6.09 Å². The van der Waals surface area contributed by atoms with Crippen LogP contribution in [0.4, 0.5) is 10.6 Å². The zero-order valence-electron chi connectivity index (χ0n) is 18.7. The number of carboxylic acid groups (broad SMARTS) is 1. The molecule has 3 aromatic heterocycles. The van der Waals surface area contributed by atoms with Crippen molar-refractivity contribution >= 4 is 34.0 Å². The minimum absolute atomic E-state index is 0.00365. The van der Waals surface area contributed by atoms with Crippen molar-refractivity contribution in [2.24, 2.45) is 13.0 Å². The third-order valence-electron chi connectivity index (χ3n) is 6.76. The molecule has 9 heteroatoms. The summed E-state index contributed by atoms with van der Waals surface area (Å²) in [5.74, 6) is 0.676. The van der Waals surface area contributed by atoms with Crippen LogP contribution in [0.5, 0.6) is 0 Å². The molecule has 4 N–H and O–H groups in total. The lowest BCUT2D eigenvalue weighted by Gasteiger charge is -2.39. The van der Waals surface area contributed by atoms with Crippen LogP contribution in [-0.4, -0.2) is 67.0 Å². The van der Waals surface area contributed by atoms with Crippen molar-refractivity contribution < 1.29 is 15.0 Å².